The minimum absolute atomic E-state index is 1.07. The third-order valence-electron chi connectivity index (χ3n) is 4.20. The van der Waals surface area contributed by atoms with Crippen LogP contribution in [0.15, 0.2) is 42.5 Å². The summed E-state index contributed by atoms with van der Waals surface area (Å²) in [6.45, 7) is 4.35. The second-order valence-corrected chi connectivity index (χ2v) is 5.84. The predicted octanol–water partition coefficient (Wildman–Crippen LogP) is 3.75. The summed E-state index contributed by atoms with van der Waals surface area (Å²) in [7, 11) is 4.33. The van der Waals surface area contributed by atoms with Crippen molar-refractivity contribution in [2.45, 2.75) is 19.9 Å². The maximum absolute atomic E-state index is 2.38. The van der Waals surface area contributed by atoms with E-state index < -0.39 is 0 Å². The zero-order chi connectivity index (χ0) is 14.1. The predicted molar refractivity (Wildman–Crippen MR) is 85.7 cm³/mol. The van der Waals surface area contributed by atoms with Gasteiger partial charge in [-0.2, -0.15) is 0 Å². The van der Waals surface area contributed by atoms with Gasteiger partial charge in [-0.3, -0.25) is 0 Å². The van der Waals surface area contributed by atoms with Crippen LogP contribution in [0.2, 0.25) is 0 Å². The molecule has 1 heterocycles. The first-order valence-corrected chi connectivity index (χ1v) is 7.24. The van der Waals surface area contributed by atoms with E-state index in [4.69, 9.17) is 0 Å². The van der Waals surface area contributed by atoms with Gasteiger partial charge in [0, 0.05) is 31.5 Å². The lowest BCUT2D eigenvalue weighted by Crippen LogP contribution is -2.26. The molecule has 20 heavy (non-hydrogen) atoms. The summed E-state index contributed by atoms with van der Waals surface area (Å²) in [5.41, 5.74) is 6.79. The Morgan fingerprint density at radius 3 is 2.40 bits per heavy atom. The van der Waals surface area contributed by atoms with Crippen LogP contribution in [0.1, 0.15) is 16.7 Å². The van der Waals surface area contributed by atoms with Gasteiger partial charge in [-0.15, -0.1) is 0 Å². The number of aryl methyl sites for hydroxylation is 1. The fourth-order valence-electron chi connectivity index (χ4n) is 2.81. The molecule has 0 fully saturated rings. The van der Waals surface area contributed by atoms with E-state index in [0.29, 0.717) is 0 Å². The molecule has 3 rings (SSSR count). The van der Waals surface area contributed by atoms with Crippen molar-refractivity contribution >= 4 is 11.4 Å². The van der Waals surface area contributed by atoms with Gasteiger partial charge in [0.15, 0.2) is 0 Å². The van der Waals surface area contributed by atoms with Crippen molar-refractivity contribution in [3.05, 3.63) is 59.2 Å². The fraction of sp³-hybridized carbons (Fsp3) is 0.333. The molecule has 0 aromatic heterocycles. The molecule has 0 bridgehead atoms. The Hall–Kier alpha value is -1.80. The van der Waals surface area contributed by atoms with E-state index in [-0.39, 0.29) is 0 Å². The molecule has 2 aromatic rings. The Balaban J connectivity index is 1.89. The van der Waals surface area contributed by atoms with Gasteiger partial charge in [-0.25, -0.2) is 0 Å². The van der Waals surface area contributed by atoms with Gasteiger partial charge in [0.25, 0.3) is 0 Å². The van der Waals surface area contributed by atoms with Crippen molar-refractivity contribution in [2.75, 3.05) is 25.5 Å². The topological polar surface area (TPSA) is 6.48 Å². The van der Waals surface area contributed by atoms with Crippen LogP contribution in [0.4, 0.5) is 11.4 Å². The summed E-state index contributed by atoms with van der Waals surface area (Å²) in [4.78, 5) is 4.64. The molecular formula is C18H22N2. The van der Waals surface area contributed by atoms with Gasteiger partial charge in [0.1, 0.15) is 0 Å². The van der Waals surface area contributed by atoms with Gasteiger partial charge in [-0.1, -0.05) is 23.8 Å². The van der Waals surface area contributed by atoms with Crippen molar-refractivity contribution < 1.29 is 0 Å². The molecule has 2 heteroatoms. The zero-order valence-electron chi connectivity index (χ0n) is 12.6. The average Bonchev–Trinajstić information content (AvgIpc) is 2.47. The first-order chi connectivity index (χ1) is 9.63. The molecule has 1 aliphatic rings. The summed E-state index contributed by atoms with van der Waals surface area (Å²) in [5, 5.41) is 0. The Kier molecular flexibility index (Phi) is 3.49. The van der Waals surface area contributed by atoms with Crippen LogP contribution in [0.3, 0.4) is 0 Å². The molecule has 0 unspecified atom stereocenters. The van der Waals surface area contributed by atoms with Crippen molar-refractivity contribution in [2.24, 2.45) is 0 Å². The highest BCUT2D eigenvalue weighted by Gasteiger charge is 2.14. The van der Waals surface area contributed by atoms with Crippen LogP contribution < -0.4 is 4.90 Å². The zero-order valence-corrected chi connectivity index (χ0v) is 12.6. The van der Waals surface area contributed by atoms with E-state index in [9.17, 15) is 0 Å². The summed E-state index contributed by atoms with van der Waals surface area (Å²) in [6, 6.07) is 15.6. The number of anilines is 2. The molecular weight excluding hydrogens is 244 g/mol. The number of rotatable bonds is 2. The Morgan fingerprint density at radius 2 is 1.65 bits per heavy atom. The average molecular weight is 266 g/mol. The van der Waals surface area contributed by atoms with Crippen LogP contribution in [0.25, 0.3) is 0 Å². The highest BCUT2D eigenvalue weighted by molar-refractivity contribution is 5.64. The smallest absolute Gasteiger partial charge is 0.0411 e. The monoisotopic (exact) mass is 266 g/mol. The van der Waals surface area contributed by atoms with E-state index in [0.717, 1.165) is 19.5 Å². The molecule has 0 aliphatic carbocycles. The van der Waals surface area contributed by atoms with Gasteiger partial charge in [0.2, 0.25) is 0 Å². The molecule has 0 atom stereocenters. The maximum atomic E-state index is 2.38. The minimum atomic E-state index is 1.07. The molecule has 0 saturated heterocycles. The number of nitrogens with zero attached hydrogens (tertiary/aromatic N) is 2. The maximum Gasteiger partial charge on any atom is 0.0411 e. The van der Waals surface area contributed by atoms with E-state index in [2.05, 4.69) is 73.3 Å². The Labute approximate surface area is 121 Å². The molecule has 0 amide bonds. The van der Waals surface area contributed by atoms with Crippen LogP contribution in [-0.2, 0) is 13.0 Å². The minimum Gasteiger partial charge on any atom is -0.345 e. The first kappa shape index (κ1) is 13.2. The molecule has 0 radical (unpaired) electrons. The number of fused-ring (bicyclic) bond motifs is 1. The normalized spacial score (nSPS) is 14.9. The summed E-state index contributed by atoms with van der Waals surface area (Å²) in [6.07, 6.45) is 1.15. The van der Waals surface area contributed by atoms with Crippen LogP contribution in [-0.4, -0.2) is 25.5 Å². The lowest BCUT2D eigenvalue weighted by atomic mass is 9.99. The molecule has 104 valence electrons. The highest BCUT2D eigenvalue weighted by atomic mass is 15.1. The molecule has 1 aliphatic heterocycles. The van der Waals surface area contributed by atoms with Crippen molar-refractivity contribution in [3.8, 4) is 0 Å². The van der Waals surface area contributed by atoms with Gasteiger partial charge in [-0.05, 0) is 55.8 Å². The standard InChI is InChI=1S/C18H22N2/c1-14-4-7-17(8-5-14)20(3)18-9-6-16-13-19(2)11-10-15(16)12-18/h4-9,12H,10-11,13H2,1-3H3. The first-order valence-electron chi connectivity index (χ1n) is 7.24. The second kappa shape index (κ2) is 5.29. The summed E-state index contributed by atoms with van der Waals surface area (Å²) in [5.74, 6) is 0. The lowest BCUT2D eigenvalue weighted by molar-refractivity contribution is 0.313. The number of hydrogen-bond donors (Lipinski definition) is 0. The van der Waals surface area contributed by atoms with E-state index in [1.54, 1.807) is 0 Å². The van der Waals surface area contributed by atoms with Crippen molar-refractivity contribution in [3.63, 3.8) is 0 Å². The highest BCUT2D eigenvalue weighted by Crippen LogP contribution is 2.28. The number of benzene rings is 2. The summed E-state index contributed by atoms with van der Waals surface area (Å²) >= 11 is 0. The third-order valence-corrected chi connectivity index (χ3v) is 4.20. The quantitative estimate of drug-likeness (QED) is 0.817. The largest absolute Gasteiger partial charge is 0.345 e. The molecule has 2 nitrogen and oxygen atoms in total. The van der Waals surface area contributed by atoms with Crippen LogP contribution in [0, 0.1) is 6.92 Å². The van der Waals surface area contributed by atoms with Crippen LogP contribution in [0.5, 0.6) is 0 Å². The Bertz CT molecular complexity index is 601. The Morgan fingerprint density at radius 1 is 0.950 bits per heavy atom. The molecule has 0 N–H and O–H groups in total. The fourth-order valence-corrected chi connectivity index (χ4v) is 2.81. The third kappa shape index (κ3) is 2.56. The van der Waals surface area contributed by atoms with E-state index in [1.165, 1.54) is 28.1 Å². The van der Waals surface area contributed by atoms with Crippen molar-refractivity contribution in [1.29, 1.82) is 0 Å². The van der Waals surface area contributed by atoms with Gasteiger partial charge in [0.05, 0.1) is 0 Å². The van der Waals surface area contributed by atoms with E-state index >= 15 is 0 Å². The van der Waals surface area contributed by atoms with Crippen LogP contribution >= 0.6 is 0 Å². The summed E-state index contributed by atoms with van der Waals surface area (Å²) < 4.78 is 0. The second-order valence-electron chi connectivity index (χ2n) is 5.84. The lowest BCUT2D eigenvalue weighted by Gasteiger charge is -2.27. The molecule has 2 aromatic carbocycles. The number of hydrogen-bond acceptors (Lipinski definition) is 2. The molecule has 0 spiro atoms. The van der Waals surface area contributed by atoms with Gasteiger partial charge < -0.3 is 9.80 Å². The SMILES string of the molecule is Cc1ccc(N(C)c2ccc3c(c2)CCN(C)C3)cc1. The van der Waals surface area contributed by atoms with Crippen molar-refractivity contribution in [1.82, 2.24) is 4.90 Å². The van der Waals surface area contributed by atoms with Gasteiger partial charge >= 0.3 is 0 Å². The number of likely N-dealkylation sites (N-methyl/N-ethyl adjacent to an activating group) is 1. The van der Waals surface area contributed by atoms with E-state index in [1.807, 2.05) is 0 Å². The molecule has 0 saturated carbocycles.